The maximum atomic E-state index is 4.98. The Bertz CT molecular complexity index is 2940. The Kier molecular flexibility index (Phi) is 5.92. The maximum absolute atomic E-state index is 4.98. The van der Waals surface area contributed by atoms with E-state index in [1.165, 1.54) is 65.6 Å². The number of hydrogen-bond donors (Lipinski definition) is 0. The first-order chi connectivity index (χ1) is 25.3. The lowest BCUT2D eigenvalue weighted by Crippen LogP contribution is -2.00. The summed E-state index contributed by atoms with van der Waals surface area (Å²) in [6, 6.07) is 60.2. The number of fused-ring (bicyclic) bond motifs is 9. The number of nitrogens with zero attached hydrogens (tertiary/aromatic N) is 4. The second kappa shape index (κ2) is 10.8. The second-order valence-electron chi connectivity index (χ2n) is 13.2. The predicted molar refractivity (Wildman–Crippen MR) is 210 cm³/mol. The van der Waals surface area contributed by atoms with Crippen LogP contribution in [0.4, 0.5) is 0 Å². The highest BCUT2D eigenvalue weighted by molar-refractivity contribution is 6.33. The molecule has 236 valence electrons. The van der Waals surface area contributed by atoms with E-state index in [1.807, 2.05) is 60.7 Å². The SMILES string of the molecule is c1ccc(-c2nc(-c3ccccc3)nc(-c3ccc(-n4c5ccc6ccccc6c5c5c6cccc7c6c(cc54)-c4ccccc4-7)cc3)n2)cc1. The maximum Gasteiger partial charge on any atom is 0.164 e. The molecular weight excluding hydrogens is 621 g/mol. The topological polar surface area (TPSA) is 43.6 Å². The molecule has 0 spiro atoms. The molecule has 0 saturated heterocycles. The number of rotatable bonds is 4. The Morgan fingerprint density at radius 2 is 0.863 bits per heavy atom. The van der Waals surface area contributed by atoms with Gasteiger partial charge >= 0.3 is 0 Å². The van der Waals surface area contributed by atoms with Crippen molar-refractivity contribution in [2.45, 2.75) is 0 Å². The molecule has 0 amide bonds. The van der Waals surface area contributed by atoms with Crippen molar-refractivity contribution in [3.63, 3.8) is 0 Å². The Balaban J connectivity index is 1.15. The van der Waals surface area contributed by atoms with Crippen molar-refractivity contribution in [2.24, 2.45) is 0 Å². The van der Waals surface area contributed by atoms with E-state index in [2.05, 4.69) is 114 Å². The van der Waals surface area contributed by atoms with Crippen molar-refractivity contribution in [1.82, 2.24) is 19.5 Å². The molecule has 0 atom stereocenters. The Labute approximate surface area is 294 Å². The van der Waals surface area contributed by atoms with Crippen molar-refractivity contribution in [1.29, 1.82) is 0 Å². The smallest absolute Gasteiger partial charge is 0.164 e. The van der Waals surface area contributed by atoms with Gasteiger partial charge in [0.1, 0.15) is 0 Å². The fourth-order valence-electron chi connectivity index (χ4n) is 8.11. The van der Waals surface area contributed by atoms with Gasteiger partial charge in [-0.2, -0.15) is 0 Å². The van der Waals surface area contributed by atoms with Crippen molar-refractivity contribution in [3.8, 4) is 62.1 Å². The number of hydrogen-bond acceptors (Lipinski definition) is 3. The zero-order valence-corrected chi connectivity index (χ0v) is 27.5. The molecule has 0 bridgehead atoms. The third kappa shape index (κ3) is 4.17. The second-order valence-corrected chi connectivity index (χ2v) is 13.2. The van der Waals surface area contributed by atoms with Gasteiger partial charge in [0.25, 0.3) is 0 Å². The van der Waals surface area contributed by atoms with Crippen LogP contribution in [-0.4, -0.2) is 19.5 Å². The molecule has 0 saturated carbocycles. The molecule has 0 N–H and O–H groups in total. The van der Waals surface area contributed by atoms with Crippen molar-refractivity contribution in [2.75, 3.05) is 0 Å². The minimum absolute atomic E-state index is 0.644. The van der Waals surface area contributed by atoms with Crippen LogP contribution in [0.2, 0.25) is 0 Å². The minimum atomic E-state index is 0.644. The molecule has 8 aromatic carbocycles. The summed E-state index contributed by atoms with van der Waals surface area (Å²) in [6.07, 6.45) is 0. The highest BCUT2D eigenvalue weighted by atomic mass is 15.0. The van der Waals surface area contributed by atoms with E-state index in [0.717, 1.165) is 22.4 Å². The van der Waals surface area contributed by atoms with Gasteiger partial charge in [0.2, 0.25) is 0 Å². The zero-order chi connectivity index (χ0) is 33.5. The lowest BCUT2D eigenvalue weighted by Gasteiger charge is -2.12. The Morgan fingerprint density at radius 3 is 1.55 bits per heavy atom. The van der Waals surface area contributed by atoms with E-state index in [0.29, 0.717) is 17.5 Å². The molecule has 4 nitrogen and oxygen atoms in total. The molecule has 10 aromatic rings. The molecule has 2 heterocycles. The molecule has 51 heavy (non-hydrogen) atoms. The van der Waals surface area contributed by atoms with Gasteiger partial charge < -0.3 is 4.57 Å². The standard InChI is InChI=1S/C47H28N4/c1-3-13-30(14-4-1)45-48-46(31-15-5-2-6-16-31)50-47(49-45)32-22-25-33(26-23-32)51-40-27-24-29-12-7-8-17-34(29)43(40)44-38-21-11-20-37-35-18-9-10-19-36(35)39(42(37)38)28-41(44)51/h1-28H. The van der Waals surface area contributed by atoms with Crippen LogP contribution in [-0.2, 0) is 0 Å². The first kappa shape index (κ1) is 28.0. The van der Waals surface area contributed by atoms with E-state index in [-0.39, 0.29) is 0 Å². The lowest BCUT2D eigenvalue weighted by atomic mass is 9.96. The van der Waals surface area contributed by atoms with Gasteiger partial charge in [0.05, 0.1) is 11.0 Å². The summed E-state index contributed by atoms with van der Waals surface area (Å²) in [4.78, 5) is 14.8. The molecule has 0 aliphatic heterocycles. The molecule has 0 fully saturated rings. The van der Waals surface area contributed by atoms with Gasteiger partial charge in [0, 0.05) is 33.2 Å². The fourth-order valence-corrected chi connectivity index (χ4v) is 8.11. The first-order valence-electron chi connectivity index (χ1n) is 17.3. The van der Waals surface area contributed by atoms with Gasteiger partial charge in [-0.25, -0.2) is 15.0 Å². The largest absolute Gasteiger partial charge is 0.309 e. The average Bonchev–Trinajstić information content (AvgIpc) is 3.72. The molecule has 11 rings (SSSR count). The van der Waals surface area contributed by atoms with Gasteiger partial charge in [-0.1, -0.05) is 133 Å². The third-order valence-electron chi connectivity index (χ3n) is 10.4. The van der Waals surface area contributed by atoms with E-state index >= 15 is 0 Å². The quantitative estimate of drug-likeness (QED) is 0.191. The van der Waals surface area contributed by atoms with Crippen molar-refractivity contribution < 1.29 is 0 Å². The van der Waals surface area contributed by atoms with Crippen LogP contribution in [0.1, 0.15) is 0 Å². The first-order valence-corrected chi connectivity index (χ1v) is 17.3. The van der Waals surface area contributed by atoms with Gasteiger partial charge in [-0.05, 0) is 80.2 Å². The Morgan fingerprint density at radius 1 is 0.333 bits per heavy atom. The normalized spacial score (nSPS) is 11.9. The van der Waals surface area contributed by atoms with Crippen molar-refractivity contribution in [3.05, 3.63) is 170 Å². The summed E-state index contributed by atoms with van der Waals surface area (Å²) in [5.41, 5.74) is 11.5. The van der Waals surface area contributed by atoms with E-state index in [9.17, 15) is 0 Å². The molecule has 4 heteroatoms. The average molecular weight is 649 g/mol. The van der Waals surface area contributed by atoms with Crippen LogP contribution in [0.5, 0.6) is 0 Å². The Hall–Kier alpha value is -6.91. The van der Waals surface area contributed by atoms with Crippen LogP contribution >= 0.6 is 0 Å². The van der Waals surface area contributed by atoms with Crippen molar-refractivity contribution >= 4 is 43.4 Å². The zero-order valence-electron chi connectivity index (χ0n) is 27.5. The highest BCUT2D eigenvalue weighted by Gasteiger charge is 2.26. The van der Waals surface area contributed by atoms with Gasteiger partial charge in [0.15, 0.2) is 17.5 Å². The molecule has 1 aliphatic rings. The molecule has 1 aliphatic carbocycles. The van der Waals surface area contributed by atoms with Gasteiger partial charge in [-0.15, -0.1) is 0 Å². The summed E-state index contributed by atoms with van der Waals surface area (Å²) in [7, 11) is 0. The summed E-state index contributed by atoms with van der Waals surface area (Å²) in [5, 5.41) is 7.70. The summed E-state index contributed by atoms with van der Waals surface area (Å²) < 4.78 is 2.43. The third-order valence-corrected chi connectivity index (χ3v) is 10.4. The van der Waals surface area contributed by atoms with Crippen LogP contribution in [0.15, 0.2) is 170 Å². The predicted octanol–water partition coefficient (Wildman–Crippen LogP) is 11.9. The molecular formula is C47H28N4. The summed E-state index contributed by atoms with van der Waals surface area (Å²) in [6.45, 7) is 0. The van der Waals surface area contributed by atoms with Gasteiger partial charge in [-0.3, -0.25) is 0 Å². The lowest BCUT2D eigenvalue weighted by molar-refractivity contribution is 1.07. The van der Waals surface area contributed by atoms with Crippen LogP contribution in [0.3, 0.4) is 0 Å². The van der Waals surface area contributed by atoms with Crippen LogP contribution < -0.4 is 0 Å². The minimum Gasteiger partial charge on any atom is -0.309 e. The molecule has 0 unspecified atom stereocenters. The molecule has 0 radical (unpaired) electrons. The van der Waals surface area contributed by atoms with Crippen LogP contribution in [0.25, 0.3) is 105 Å². The van der Waals surface area contributed by atoms with E-state index in [4.69, 9.17) is 15.0 Å². The van der Waals surface area contributed by atoms with Crippen LogP contribution in [0, 0.1) is 0 Å². The monoisotopic (exact) mass is 648 g/mol. The number of benzene rings is 8. The summed E-state index contributed by atoms with van der Waals surface area (Å²) in [5.74, 6) is 1.95. The summed E-state index contributed by atoms with van der Waals surface area (Å²) >= 11 is 0. The molecule has 2 aromatic heterocycles. The van der Waals surface area contributed by atoms with E-state index < -0.39 is 0 Å². The highest BCUT2D eigenvalue weighted by Crippen LogP contribution is 2.51. The van der Waals surface area contributed by atoms with E-state index in [1.54, 1.807) is 0 Å². The number of aromatic nitrogens is 4. The fraction of sp³-hybridized carbons (Fsp3) is 0.